The lowest BCUT2D eigenvalue weighted by molar-refractivity contribution is -0.338. The Morgan fingerprint density at radius 1 is 1.12 bits per heavy atom. The lowest BCUT2D eigenvalue weighted by Crippen LogP contribution is -2.53. The third kappa shape index (κ3) is 3.67. The molecule has 0 aliphatic heterocycles. The number of ketones is 3. The maximum atomic E-state index is 11.3. The van der Waals surface area contributed by atoms with E-state index in [4.69, 9.17) is 10.2 Å². The molecule has 98 valence electrons. The zero-order valence-electron chi connectivity index (χ0n) is 9.93. The Morgan fingerprint density at radius 3 is 1.82 bits per heavy atom. The largest absolute Gasteiger partial charge is 0.394 e. The van der Waals surface area contributed by atoms with Crippen LogP contribution in [0.4, 0.5) is 0 Å². The highest BCUT2D eigenvalue weighted by atomic mass is 17.2. The van der Waals surface area contributed by atoms with Gasteiger partial charge in [0, 0.05) is 0 Å². The van der Waals surface area contributed by atoms with Gasteiger partial charge in [-0.2, -0.15) is 0 Å². The Bertz CT molecular complexity index is 274. The minimum atomic E-state index is -2.30. The molecule has 0 heterocycles. The molecule has 0 aromatic carbocycles. The molecule has 0 bridgehead atoms. The Kier molecular flexibility index (Phi) is 6.11. The molecule has 0 spiro atoms. The minimum Gasteiger partial charge on any atom is -0.394 e. The van der Waals surface area contributed by atoms with Crippen LogP contribution in [0.5, 0.6) is 0 Å². The van der Waals surface area contributed by atoms with Crippen molar-refractivity contribution in [3.63, 3.8) is 0 Å². The summed E-state index contributed by atoms with van der Waals surface area (Å²) in [6, 6.07) is 0. The van der Waals surface area contributed by atoms with Crippen molar-refractivity contribution >= 4 is 17.3 Å². The molecule has 1 atom stereocenters. The van der Waals surface area contributed by atoms with E-state index in [0.29, 0.717) is 0 Å². The normalized spacial score (nSPS) is 13.2. The van der Waals surface area contributed by atoms with Gasteiger partial charge in [-0.05, 0) is 20.8 Å². The first-order valence-corrected chi connectivity index (χ1v) is 4.91. The average Bonchev–Trinajstić information content (AvgIpc) is 2.22. The zero-order valence-corrected chi connectivity index (χ0v) is 9.93. The van der Waals surface area contributed by atoms with Crippen molar-refractivity contribution in [1.29, 1.82) is 0 Å². The van der Waals surface area contributed by atoms with Crippen LogP contribution in [0.15, 0.2) is 0 Å². The third-order valence-electron chi connectivity index (χ3n) is 2.14. The van der Waals surface area contributed by atoms with Crippen LogP contribution in [0.25, 0.3) is 0 Å². The standard InChI is InChI=1S/C10H16O7/c1-6(12)10(7(2)13,8(3)14)17-16-5-9(15)4-11/h9,11,15H,4-5H2,1-3H3. The molecule has 1 unspecified atom stereocenters. The number of carbonyl (C=O) groups is 3. The monoisotopic (exact) mass is 248 g/mol. The van der Waals surface area contributed by atoms with E-state index in [9.17, 15) is 14.4 Å². The van der Waals surface area contributed by atoms with E-state index in [0.717, 1.165) is 20.8 Å². The smallest absolute Gasteiger partial charge is 0.275 e. The first-order valence-electron chi connectivity index (χ1n) is 4.91. The fourth-order valence-electron chi connectivity index (χ4n) is 1.17. The molecule has 0 rings (SSSR count). The fraction of sp³-hybridized carbons (Fsp3) is 0.700. The Balaban J connectivity index is 4.78. The van der Waals surface area contributed by atoms with Crippen LogP contribution in [0.3, 0.4) is 0 Å². The fourth-order valence-corrected chi connectivity index (χ4v) is 1.17. The number of hydrogen-bond donors (Lipinski definition) is 2. The van der Waals surface area contributed by atoms with E-state index in [1.54, 1.807) is 0 Å². The second kappa shape index (κ2) is 6.55. The molecular weight excluding hydrogens is 232 g/mol. The second-order valence-electron chi connectivity index (χ2n) is 3.55. The van der Waals surface area contributed by atoms with Crippen molar-refractivity contribution in [3.05, 3.63) is 0 Å². The van der Waals surface area contributed by atoms with E-state index in [2.05, 4.69) is 9.78 Å². The highest BCUT2D eigenvalue weighted by Gasteiger charge is 2.48. The summed E-state index contributed by atoms with van der Waals surface area (Å²) in [5, 5.41) is 17.5. The van der Waals surface area contributed by atoms with Gasteiger partial charge in [0.2, 0.25) is 0 Å². The molecule has 0 amide bonds. The Hall–Kier alpha value is -1.15. The van der Waals surface area contributed by atoms with Crippen LogP contribution in [0.2, 0.25) is 0 Å². The summed E-state index contributed by atoms with van der Waals surface area (Å²) in [5.74, 6) is -2.43. The summed E-state index contributed by atoms with van der Waals surface area (Å²) in [4.78, 5) is 43.0. The highest BCUT2D eigenvalue weighted by molar-refractivity contribution is 6.26. The summed E-state index contributed by atoms with van der Waals surface area (Å²) in [6.45, 7) is 2.03. The maximum absolute atomic E-state index is 11.3. The molecule has 0 fully saturated rings. The molecule has 17 heavy (non-hydrogen) atoms. The predicted molar refractivity (Wildman–Crippen MR) is 54.9 cm³/mol. The van der Waals surface area contributed by atoms with Crippen LogP contribution in [0, 0.1) is 0 Å². The van der Waals surface area contributed by atoms with Crippen LogP contribution < -0.4 is 0 Å². The van der Waals surface area contributed by atoms with E-state index >= 15 is 0 Å². The van der Waals surface area contributed by atoms with E-state index < -0.39 is 42.3 Å². The van der Waals surface area contributed by atoms with E-state index in [-0.39, 0.29) is 0 Å². The van der Waals surface area contributed by atoms with Gasteiger partial charge in [-0.1, -0.05) is 0 Å². The molecule has 7 heteroatoms. The first-order chi connectivity index (χ1) is 7.78. The molecule has 0 aromatic rings. The molecule has 0 aliphatic carbocycles. The van der Waals surface area contributed by atoms with Gasteiger partial charge in [-0.3, -0.25) is 14.4 Å². The topological polar surface area (TPSA) is 110 Å². The van der Waals surface area contributed by atoms with Crippen LogP contribution in [-0.4, -0.2) is 52.5 Å². The van der Waals surface area contributed by atoms with E-state index in [1.165, 1.54) is 0 Å². The van der Waals surface area contributed by atoms with Crippen molar-refractivity contribution in [1.82, 2.24) is 0 Å². The number of aliphatic hydroxyl groups is 2. The number of carbonyl (C=O) groups excluding carboxylic acids is 3. The predicted octanol–water partition coefficient (Wildman–Crippen LogP) is -1.21. The second-order valence-corrected chi connectivity index (χ2v) is 3.55. The van der Waals surface area contributed by atoms with Crippen molar-refractivity contribution in [3.8, 4) is 0 Å². The third-order valence-corrected chi connectivity index (χ3v) is 2.14. The summed E-state index contributed by atoms with van der Waals surface area (Å²) >= 11 is 0. The number of rotatable bonds is 8. The first kappa shape index (κ1) is 15.9. The van der Waals surface area contributed by atoms with E-state index in [1.807, 2.05) is 0 Å². The van der Waals surface area contributed by atoms with Crippen molar-refractivity contribution in [2.24, 2.45) is 0 Å². The molecule has 2 N–H and O–H groups in total. The van der Waals surface area contributed by atoms with Gasteiger partial charge in [0.25, 0.3) is 5.60 Å². The van der Waals surface area contributed by atoms with Gasteiger partial charge in [-0.25, -0.2) is 9.78 Å². The summed E-state index contributed by atoms with van der Waals surface area (Å²) in [6.07, 6.45) is -1.22. The van der Waals surface area contributed by atoms with Gasteiger partial charge in [0.1, 0.15) is 12.7 Å². The summed E-state index contributed by atoms with van der Waals surface area (Å²) < 4.78 is 0. The van der Waals surface area contributed by atoms with Gasteiger partial charge in [0.15, 0.2) is 17.3 Å². The van der Waals surface area contributed by atoms with Crippen molar-refractivity contribution < 1.29 is 34.4 Å². The average molecular weight is 248 g/mol. The van der Waals surface area contributed by atoms with Crippen molar-refractivity contribution in [2.75, 3.05) is 13.2 Å². The Morgan fingerprint density at radius 2 is 1.53 bits per heavy atom. The number of Topliss-reactive ketones (excluding diaryl/α,β-unsaturated/α-hetero) is 3. The van der Waals surface area contributed by atoms with Gasteiger partial charge in [-0.15, -0.1) is 0 Å². The van der Waals surface area contributed by atoms with Crippen LogP contribution in [0.1, 0.15) is 20.8 Å². The molecular formula is C10H16O7. The maximum Gasteiger partial charge on any atom is 0.275 e. The molecule has 0 aliphatic rings. The minimum absolute atomic E-state index is 0.466. The lowest BCUT2D eigenvalue weighted by Gasteiger charge is -2.24. The van der Waals surface area contributed by atoms with Crippen LogP contribution in [-0.2, 0) is 24.2 Å². The van der Waals surface area contributed by atoms with Gasteiger partial charge >= 0.3 is 0 Å². The summed E-state index contributed by atoms with van der Waals surface area (Å²) in [5.41, 5.74) is -2.30. The number of hydrogen-bond acceptors (Lipinski definition) is 7. The SMILES string of the molecule is CC(=O)C(OOCC(O)CO)(C(C)=O)C(C)=O. The molecule has 0 aromatic heterocycles. The summed E-state index contributed by atoms with van der Waals surface area (Å²) in [7, 11) is 0. The quantitative estimate of drug-likeness (QED) is 0.315. The lowest BCUT2D eigenvalue weighted by atomic mass is 9.91. The highest BCUT2D eigenvalue weighted by Crippen LogP contribution is 2.17. The van der Waals surface area contributed by atoms with Gasteiger partial charge in [0.05, 0.1) is 6.61 Å². The zero-order chi connectivity index (χ0) is 13.6. The Labute approximate surface area is 98.3 Å². The molecule has 7 nitrogen and oxygen atoms in total. The molecule has 0 radical (unpaired) electrons. The van der Waals surface area contributed by atoms with Gasteiger partial charge < -0.3 is 10.2 Å². The molecule has 0 saturated heterocycles. The van der Waals surface area contributed by atoms with Crippen LogP contribution >= 0.6 is 0 Å². The number of aliphatic hydroxyl groups excluding tert-OH is 2. The molecule has 0 saturated carbocycles. The van der Waals surface area contributed by atoms with Crippen molar-refractivity contribution in [2.45, 2.75) is 32.5 Å².